The van der Waals surface area contributed by atoms with Gasteiger partial charge in [0, 0.05) is 6.54 Å². The molecule has 3 nitrogen and oxygen atoms in total. The summed E-state index contributed by atoms with van der Waals surface area (Å²) in [7, 11) is 3.88. The van der Waals surface area contributed by atoms with Crippen LogP contribution in [-0.4, -0.2) is 36.6 Å². The van der Waals surface area contributed by atoms with Gasteiger partial charge in [-0.1, -0.05) is 103 Å². The van der Waals surface area contributed by atoms with Crippen LogP contribution in [0.2, 0.25) is 0 Å². The summed E-state index contributed by atoms with van der Waals surface area (Å²) in [4.78, 5) is 13.2. The number of carbonyl (C=O) groups is 1. The van der Waals surface area contributed by atoms with Crippen LogP contribution in [0.1, 0.15) is 122 Å². The predicted molar refractivity (Wildman–Crippen MR) is 128 cm³/mol. The van der Waals surface area contributed by atoms with Crippen molar-refractivity contribution in [1.29, 1.82) is 0 Å². The Bertz CT molecular complexity index is 379. The van der Waals surface area contributed by atoms with Gasteiger partial charge in [-0.25, -0.2) is 0 Å². The Balaban J connectivity index is 3.31. The van der Waals surface area contributed by atoms with Crippen LogP contribution in [-0.2, 0) is 4.79 Å². The molecule has 3 heteroatoms. The number of hydrogen-bond donors (Lipinski definition) is 1. The minimum atomic E-state index is -0.656. The summed E-state index contributed by atoms with van der Waals surface area (Å²) in [6.07, 6.45) is 28.2. The van der Waals surface area contributed by atoms with Gasteiger partial charge in [-0.05, 0) is 46.2 Å². The maximum Gasteiger partial charge on any atom is 0.307 e. The van der Waals surface area contributed by atoms with Crippen molar-refractivity contribution in [3.05, 3.63) is 12.2 Å². The van der Waals surface area contributed by atoms with Gasteiger partial charge in [0.25, 0.3) is 0 Å². The van der Waals surface area contributed by atoms with E-state index in [9.17, 15) is 9.90 Å². The summed E-state index contributed by atoms with van der Waals surface area (Å²) >= 11 is 0. The molecule has 0 aromatic heterocycles. The standard InChI is InChI=1S/C26H51NO2/c1-4-5-6-7-8-9-10-11-12-13-14-15-16-17-18-19-20-21-22-23-25(26(28)29)24-27(2)3/h18-19,25H,4-17,20-24H2,1-3H3,(H,28,29). The lowest BCUT2D eigenvalue weighted by Crippen LogP contribution is -2.27. The first-order valence-electron chi connectivity index (χ1n) is 12.6. The molecule has 0 saturated carbocycles. The van der Waals surface area contributed by atoms with E-state index in [-0.39, 0.29) is 5.92 Å². The Hall–Kier alpha value is -0.830. The molecule has 0 aliphatic rings. The molecule has 0 aliphatic carbocycles. The fourth-order valence-corrected chi connectivity index (χ4v) is 3.90. The second-order valence-electron chi connectivity index (χ2n) is 9.08. The minimum Gasteiger partial charge on any atom is -0.481 e. The molecule has 172 valence electrons. The summed E-state index contributed by atoms with van der Waals surface area (Å²) in [5.74, 6) is -0.878. The van der Waals surface area contributed by atoms with Gasteiger partial charge in [0.2, 0.25) is 0 Å². The first kappa shape index (κ1) is 28.2. The summed E-state index contributed by atoms with van der Waals surface area (Å²) in [5, 5.41) is 9.23. The minimum absolute atomic E-state index is 0.222. The lowest BCUT2D eigenvalue weighted by Gasteiger charge is -2.16. The van der Waals surface area contributed by atoms with Crippen molar-refractivity contribution in [2.75, 3.05) is 20.6 Å². The van der Waals surface area contributed by atoms with E-state index in [1.165, 1.54) is 89.9 Å². The van der Waals surface area contributed by atoms with Crippen LogP contribution in [0.15, 0.2) is 12.2 Å². The molecule has 0 spiro atoms. The zero-order valence-electron chi connectivity index (χ0n) is 20.0. The van der Waals surface area contributed by atoms with Gasteiger partial charge in [0.15, 0.2) is 0 Å². The van der Waals surface area contributed by atoms with E-state index < -0.39 is 5.97 Å². The second kappa shape index (κ2) is 21.9. The zero-order chi connectivity index (χ0) is 21.6. The number of rotatable bonds is 22. The summed E-state index contributed by atoms with van der Waals surface area (Å²) in [5.41, 5.74) is 0. The van der Waals surface area contributed by atoms with Gasteiger partial charge >= 0.3 is 5.97 Å². The van der Waals surface area contributed by atoms with Crippen molar-refractivity contribution in [3.8, 4) is 0 Å². The Morgan fingerprint density at radius 1 is 0.724 bits per heavy atom. The molecular weight excluding hydrogens is 358 g/mol. The molecule has 29 heavy (non-hydrogen) atoms. The van der Waals surface area contributed by atoms with Gasteiger partial charge in [-0.2, -0.15) is 0 Å². The van der Waals surface area contributed by atoms with Gasteiger partial charge in [0.1, 0.15) is 0 Å². The highest BCUT2D eigenvalue weighted by Crippen LogP contribution is 2.14. The molecule has 1 unspecified atom stereocenters. The van der Waals surface area contributed by atoms with E-state index in [0.717, 1.165) is 25.7 Å². The number of carboxylic acids is 1. The second-order valence-corrected chi connectivity index (χ2v) is 9.08. The molecule has 0 aromatic carbocycles. The molecule has 0 aromatic rings. The molecule has 1 N–H and O–H groups in total. The van der Waals surface area contributed by atoms with Gasteiger partial charge < -0.3 is 10.0 Å². The molecular formula is C26H51NO2. The quantitative estimate of drug-likeness (QED) is 0.146. The van der Waals surface area contributed by atoms with E-state index in [0.29, 0.717) is 6.54 Å². The molecule has 0 rings (SSSR count). The largest absolute Gasteiger partial charge is 0.481 e. The van der Waals surface area contributed by atoms with Crippen molar-refractivity contribution in [3.63, 3.8) is 0 Å². The fourth-order valence-electron chi connectivity index (χ4n) is 3.90. The van der Waals surface area contributed by atoms with E-state index in [1.54, 1.807) is 0 Å². The van der Waals surface area contributed by atoms with Crippen LogP contribution in [0, 0.1) is 5.92 Å². The maximum absolute atomic E-state index is 11.2. The van der Waals surface area contributed by atoms with Gasteiger partial charge in [-0.15, -0.1) is 0 Å². The zero-order valence-corrected chi connectivity index (χ0v) is 20.0. The highest BCUT2D eigenvalue weighted by molar-refractivity contribution is 5.70. The Morgan fingerprint density at radius 3 is 1.55 bits per heavy atom. The SMILES string of the molecule is CCCCCCCCCCCCCCCC=CCCCCC(CN(C)C)C(=O)O. The number of unbranched alkanes of at least 4 members (excludes halogenated alkanes) is 15. The van der Waals surface area contributed by atoms with Crippen molar-refractivity contribution in [1.82, 2.24) is 4.90 Å². The lowest BCUT2D eigenvalue weighted by atomic mass is 10.0. The highest BCUT2D eigenvalue weighted by Gasteiger charge is 2.17. The highest BCUT2D eigenvalue weighted by atomic mass is 16.4. The maximum atomic E-state index is 11.2. The molecule has 0 amide bonds. The van der Waals surface area contributed by atoms with Crippen molar-refractivity contribution < 1.29 is 9.90 Å². The molecule has 1 atom stereocenters. The van der Waals surface area contributed by atoms with Crippen LogP contribution in [0.3, 0.4) is 0 Å². The lowest BCUT2D eigenvalue weighted by molar-refractivity contribution is -0.142. The smallest absolute Gasteiger partial charge is 0.307 e. The Kier molecular flexibility index (Phi) is 21.2. The first-order valence-corrected chi connectivity index (χ1v) is 12.6. The molecule has 0 aliphatic heterocycles. The Labute approximate surface area is 182 Å². The molecule has 0 heterocycles. The Morgan fingerprint density at radius 2 is 1.14 bits per heavy atom. The number of hydrogen-bond acceptors (Lipinski definition) is 2. The number of allylic oxidation sites excluding steroid dienone is 2. The summed E-state index contributed by atoms with van der Waals surface area (Å²) in [6.45, 7) is 2.93. The van der Waals surface area contributed by atoms with Crippen molar-refractivity contribution in [2.45, 2.75) is 122 Å². The molecule has 0 bridgehead atoms. The van der Waals surface area contributed by atoms with Crippen molar-refractivity contribution >= 4 is 5.97 Å². The predicted octanol–water partition coefficient (Wildman–Crippen LogP) is 7.85. The average Bonchev–Trinajstić information content (AvgIpc) is 2.68. The van der Waals surface area contributed by atoms with E-state index >= 15 is 0 Å². The summed E-state index contributed by atoms with van der Waals surface area (Å²) < 4.78 is 0. The third-order valence-corrected chi connectivity index (χ3v) is 5.75. The van der Waals surface area contributed by atoms with E-state index in [2.05, 4.69) is 19.1 Å². The first-order chi connectivity index (χ1) is 14.1. The average molecular weight is 410 g/mol. The van der Waals surface area contributed by atoms with E-state index in [4.69, 9.17) is 0 Å². The van der Waals surface area contributed by atoms with Crippen LogP contribution in [0.5, 0.6) is 0 Å². The van der Waals surface area contributed by atoms with Crippen LogP contribution in [0.25, 0.3) is 0 Å². The van der Waals surface area contributed by atoms with E-state index in [1.807, 2.05) is 19.0 Å². The molecule has 0 radical (unpaired) electrons. The third kappa shape index (κ3) is 21.7. The van der Waals surface area contributed by atoms with Crippen molar-refractivity contribution in [2.24, 2.45) is 5.92 Å². The molecule has 0 saturated heterocycles. The topological polar surface area (TPSA) is 40.5 Å². The van der Waals surface area contributed by atoms with Crippen LogP contribution >= 0.6 is 0 Å². The third-order valence-electron chi connectivity index (χ3n) is 5.75. The number of carboxylic acid groups (broad SMARTS) is 1. The monoisotopic (exact) mass is 409 g/mol. The number of nitrogens with zero attached hydrogens (tertiary/aromatic N) is 1. The normalized spacial score (nSPS) is 12.8. The van der Waals surface area contributed by atoms with Crippen LogP contribution < -0.4 is 0 Å². The molecule has 0 fully saturated rings. The van der Waals surface area contributed by atoms with Crippen LogP contribution in [0.4, 0.5) is 0 Å². The summed E-state index contributed by atoms with van der Waals surface area (Å²) in [6, 6.07) is 0. The van der Waals surface area contributed by atoms with Gasteiger partial charge in [-0.3, -0.25) is 4.79 Å². The van der Waals surface area contributed by atoms with Gasteiger partial charge in [0.05, 0.1) is 5.92 Å². The number of aliphatic carboxylic acids is 1. The fraction of sp³-hybridized carbons (Fsp3) is 0.885.